The standard InChI is InChI=1S/C18H21N3OS/c1-14(2)15-6-8-16(9-7-15)20-18(23)21(11-4-10-19)13-17-5-3-12-22-17/h3,5-9,12,14H,4,11,13H2,1-2H3,(H,20,23). The molecule has 0 saturated heterocycles. The topological polar surface area (TPSA) is 52.2 Å². The van der Waals surface area contributed by atoms with Crippen LogP contribution in [0.3, 0.4) is 0 Å². The van der Waals surface area contributed by atoms with Gasteiger partial charge in [0.1, 0.15) is 5.76 Å². The zero-order valence-electron chi connectivity index (χ0n) is 13.5. The smallest absolute Gasteiger partial charge is 0.173 e. The number of anilines is 1. The van der Waals surface area contributed by atoms with Crippen molar-refractivity contribution in [3.05, 3.63) is 54.0 Å². The summed E-state index contributed by atoms with van der Waals surface area (Å²) in [6, 6.07) is 14.2. The summed E-state index contributed by atoms with van der Waals surface area (Å²) < 4.78 is 5.37. The Labute approximate surface area is 142 Å². The first-order chi connectivity index (χ1) is 11.1. The molecular weight excluding hydrogens is 306 g/mol. The Morgan fingerprint density at radius 1 is 1.30 bits per heavy atom. The Kier molecular flexibility index (Phi) is 6.19. The third kappa shape index (κ3) is 5.11. The Morgan fingerprint density at radius 3 is 2.61 bits per heavy atom. The fourth-order valence-electron chi connectivity index (χ4n) is 2.18. The second-order valence-corrected chi connectivity index (χ2v) is 6.00. The lowest BCUT2D eigenvalue weighted by Crippen LogP contribution is -2.34. The Hall–Kier alpha value is -2.32. The molecule has 5 heteroatoms. The normalized spacial score (nSPS) is 10.3. The van der Waals surface area contributed by atoms with Crippen molar-refractivity contribution in [2.24, 2.45) is 0 Å². The number of rotatable bonds is 6. The van der Waals surface area contributed by atoms with E-state index in [4.69, 9.17) is 21.9 Å². The Morgan fingerprint density at radius 2 is 2.04 bits per heavy atom. The molecule has 0 amide bonds. The van der Waals surface area contributed by atoms with Crippen molar-refractivity contribution < 1.29 is 4.42 Å². The predicted molar refractivity (Wildman–Crippen MR) is 96.1 cm³/mol. The minimum Gasteiger partial charge on any atom is -0.467 e. The van der Waals surface area contributed by atoms with E-state index < -0.39 is 0 Å². The van der Waals surface area contributed by atoms with E-state index in [1.165, 1.54) is 5.56 Å². The molecule has 0 unspecified atom stereocenters. The first-order valence-corrected chi connectivity index (χ1v) is 8.06. The van der Waals surface area contributed by atoms with Gasteiger partial charge in [0.2, 0.25) is 0 Å². The third-order valence-corrected chi connectivity index (χ3v) is 3.90. The number of benzene rings is 1. The van der Waals surface area contributed by atoms with E-state index in [0.717, 1.165) is 11.4 Å². The van der Waals surface area contributed by atoms with E-state index in [2.05, 4.69) is 37.4 Å². The monoisotopic (exact) mass is 327 g/mol. The molecule has 0 atom stereocenters. The van der Waals surface area contributed by atoms with Crippen LogP contribution in [0.1, 0.15) is 37.5 Å². The minimum absolute atomic E-state index is 0.412. The first-order valence-electron chi connectivity index (χ1n) is 7.65. The molecule has 1 aromatic heterocycles. The average molecular weight is 327 g/mol. The highest BCUT2D eigenvalue weighted by molar-refractivity contribution is 7.80. The summed E-state index contributed by atoms with van der Waals surface area (Å²) in [6.45, 7) is 5.44. The van der Waals surface area contributed by atoms with Crippen molar-refractivity contribution >= 4 is 23.0 Å². The second kappa shape index (κ2) is 8.35. The SMILES string of the molecule is CC(C)c1ccc(NC(=S)N(CCC#N)Cc2ccco2)cc1. The van der Waals surface area contributed by atoms with Gasteiger partial charge in [0.15, 0.2) is 5.11 Å². The highest BCUT2D eigenvalue weighted by Gasteiger charge is 2.12. The molecule has 0 aliphatic rings. The van der Waals surface area contributed by atoms with Crippen LogP contribution >= 0.6 is 12.2 Å². The molecule has 0 saturated carbocycles. The van der Waals surface area contributed by atoms with Crippen molar-refractivity contribution in [2.45, 2.75) is 32.7 Å². The Balaban J connectivity index is 2.02. The molecule has 0 aliphatic carbocycles. The van der Waals surface area contributed by atoms with E-state index in [-0.39, 0.29) is 0 Å². The van der Waals surface area contributed by atoms with Gasteiger partial charge in [-0.1, -0.05) is 26.0 Å². The fraction of sp³-hybridized carbons (Fsp3) is 0.333. The van der Waals surface area contributed by atoms with Crippen LogP contribution in [0, 0.1) is 11.3 Å². The van der Waals surface area contributed by atoms with Gasteiger partial charge in [-0.05, 0) is 48.0 Å². The lowest BCUT2D eigenvalue weighted by molar-refractivity contribution is 0.371. The maximum atomic E-state index is 8.83. The van der Waals surface area contributed by atoms with Crippen LogP contribution in [0.4, 0.5) is 5.69 Å². The molecule has 2 aromatic rings. The quantitative estimate of drug-likeness (QED) is 0.791. The molecule has 0 bridgehead atoms. The number of hydrogen-bond donors (Lipinski definition) is 1. The lowest BCUT2D eigenvalue weighted by atomic mass is 10.0. The minimum atomic E-state index is 0.412. The molecule has 1 aromatic carbocycles. The number of furan rings is 1. The van der Waals surface area contributed by atoms with Crippen molar-refractivity contribution in [3.8, 4) is 6.07 Å². The van der Waals surface area contributed by atoms with Crippen LogP contribution in [0.15, 0.2) is 47.1 Å². The van der Waals surface area contributed by atoms with Crippen molar-refractivity contribution in [3.63, 3.8) is 0 Å². The molecule has 0 spiro atoms. The number of nitriles is 1. The van der Waals surface area contributed by atoms with Gasteiger partial charge in [0, 0.05) is 12.2 Å². The Bertz CT molecular complexity index is 657. The summed E-state index contributed by atoms with van der Waals surface area (Å²) in [4.78, 5) is 1.94. The molecule has 23 heavy (non-hydrogen) atoms. The summed E-state index contributed by atoms with van der Waals surface area (Å²) in [5.74, 6) is 1.32. The van der Waals surface area contributed by atoms with Crippen LogP contribution in [-0.2, 0) is 6.54 Å². The van der Waals surface area contributed by atoms with Crippen LogP contribution in [0.2, 0.25) is 0 Å². The number of nitrogens with one attached hydrogen (secondary N) is 1. The first kappa shape index (κ1) is 17.0. The van der Waals surface area contributed by atoms with Gasteiger partial charge in [0.05, 0.1) is 25.3 Å². The summed E-state index contributed by atoms with van der Waals surface area (Å²) in [5.41, 5.74) is 2.24. The van der Waals surface area contributed by atoms with Crippen LogP contribution < -0.4 is 5.32 Å². The molecule has 0 fully saturated rings. The van der Waals surface area contributed by atoms with Crippen LogP contribution in [0.25, 0.3) is 0 Å². The van der Waals surface area contributed by atoms with E-state index in [1.54, 1.807) is 6.26 Å². The third-order valence-electron chi connectivity index (χ3n) is 3.54. The van der Waals surface area contributed by atoms with Crippen molar-refractivity contribution in [2.75, 3.05) is 11.9 Å². The molecule has 1 heterocycles. The maximum Gasteiger partial charge on any atom is 0.173 e. The highest BCUT2D eigenvalue weighted by atomic mass is 32.1. The van der Waals surface area contributed by atoms with Crippen LogP contribution in [-0.4, -0.2) is 16.6 Å². The predicted octanol–water partition coefficient (Wildman–Crippen LogP) is 4.52. The van der Waals surface area contributed by atoms with Gasteiger partial charge in [-0.3, -0.25) is 0 Å². The summed E-state index contributed by atoms with van der Waals surface area (Å²) in [6.07, 6.45) is 2.05. The van der Waals surface area contributed by atoms with Crippen molar-refractivity contribution in [1.82, 2.24) is 4.90 Å². The van der Waals surface area contributed by atoms with Gasteiger partial charge in [-0.15, -0.1) is 0 Å². The number of thiocarbonyl (C=S) groups is 1. The second-order valence-electron chi connectivity index (χ2n) is 5.62. The molecule has 120 valence electrons. The van der Waals surface area contributed by atoms with E-state index >= 15 is 0 Å². The van der Waals surface area contributed by atoms with E-state index in [0.29, 0.717) is 30.5 Å². The van der Waals surface area contributed by atoms with Gasteiger partial charge in [0.25, 0.3) is 0 Å². The zero-order valence-corrected chi connectivity index (χ0v) is 14.3. The average Bonchev–Trinajstić information content (AvgIpc) is 3.05. The van der Waals surface area contributed by atoms with E-state index in [1.807, 2.05) is 29.2 Å². The van der Waals surface area contributed by atoms with Crippen LogP contribution in [0.5, 0.6) is 0 Å². The van der Waals surface area contributed by atoms with Crippen molar-refractivity contribution in [1.29, 1.82) is 5.26 Å². The number of hydrogen-bond acceptors (Lipinski definition) is 3. The van der Waals surface area contributed by atoms with Gasteiger partial charge in [-0.2, -0.15) is 5.26 Å². The molecule has 4 nitrogen and oxygen atoms in total. The fourth-order valence-corrected chi connectivity index (χ4v) is 2.46. The molecular formula is C18H21N3OS. The summed E-state index contributed by atoms with van der Waals surface area (Å²) >= 11 is 5.49. The van der Waals surface area contributed by atoms with E-state index in [9.17, 15) is 0 Å². The van der Waals surface area contributed by atoms with Gasteiger partial charge >= 0.3 is 0 Å². The number of nitrogens with zero attached hydrogens (tertiary/aromatic N) is 2. The summed E-state index contributed by atoms with van der Waals surface area (Å²) in [7, 11) is 0. The molecule has 0 aliphatic heterocycles. The van der Waals surface area contributed by atoms with Gasteiger partial charge in [-0.25, -0.2) is 0 Å². The van der Waals surface area contributed by atoms with Gasteiger partial charge < -0.3 is 14.6 Å². The molecule has 2 rings (SSSR count). The molecule has 1 N–H and O–H groups in total. The highest BCUT2D eigenvalue weighted by Crippen LogP contribution is 2.18. The lowest BCUT2D eigenvalue weighted by Gasteiger charge is -2.24. The summed E-state index contributed by atoms with van der Waals surface area (Å²) in [5, 5.41) is 12.7. The maximum absolute atomic E-state index is 8.83. The molecule has 0 radical (unpaired) electrons. The zero-order chi connectivity index (χ0) is 16.7. The largest absolute Gasteiger partial charge is 0.467 e.